The van der Waals surface area contributed by atoms with Crippen LogP contribution in [0.1, 0.15) is 72.8 Å². The molecule has 162 valence electrons. The molecule has 2 unspecified atom stereocenters. The Morgan fingerprint density at radius 2 is 1.62 bits per heavy atom. The smallest absolute Gasteiger partial charge is 0.344 e. The van der Waals surface area contributed by atoms with Gasteiger partial charge in [0.05, 0.1) is 5.41 Å². The summed E-state index contributed by atoms with van der Waals surface area (Å²) in [4.78, 5) is 22.3. The lowest BCUT2D eigenvalue weighted by molar-refractivity contribution is -0.155. The Bertz CT molecular complexity index is 745. The van der Waals surface area contributed by atoms with Crippen molar-refractivity contribution in [1.82, 2.24) is 0 Å². The summed E-state index contributed by atoms with van der Waals surface area (Å²) in [6.07, 6.45) is 2.39. The van der Waals surface area contributed by atoms with Crippen LogP contribution in [0.2, 0.25) is 0 Å². The van der Waals surface area contributed by atoms with E-state index in [4.69, 9.17) is 9.84 Å². The molecule has 0 aromatic heterocycles. The summed E-state index contributed by atoms with van der Waals surface area (Å²) in [7, 11) is 0. The first-order valence-electron chi connectivity index (χ1n) is 10.3. The number of carboxylic acid groups (broad SMARTS) is 2. The van der Waals surface area contributed by atoms with Crippen LogP contribution in [0, 0.1) is 17.8 Å². The van der Waals surface area contributed by atoms with Crippen molar-refractivity contribution in [2.45, 2.75) is 80.3 Å². The highest BCUT2D eigenvalue weighted by molar-refractivity contribution is 5.80. The standard InChI is InChI=1S/C13H22O2.C11H14O3/c1-6-13(11(14)15)10(3)9(2)7-8-12(13,4)5;1-3-10(11(12)13)14-9-6-4-8(2)5-7-9/h6-8H2,1-5H3,(H,14,15);4-7,10H,3H2,1-2H3,(H,12,13). The number of aryl methyl sites for hydroxylation is 1. The third kappa shape index (κ3) is 5.40. The highest BCUT2D eigenvalue weighted by atomic mass is 16.5. The fourth-order valence-electron chi connectivity index (χ4n) is 4.21. The van der Waals surface area contributed by atoms with E-state index in [1.165, 1.54) is 5.57 Å². The van der Waals surface area contributed by atoms with Gasteiger partial charge in [0, 0.05) is 0 Å². The van der Waals surface area contributed by atoms with E-state index in [1.54, 1.807) is 19.1 Å². The van der Waals surface area contributed by atoms with Crippen molar-refractivity contribution >= 4 is 11.9 Å². The van der Waals surface area contributed by atoms with Crippen LogP contribution in [0.15, 0.2) is 35.4 Å². The molecule has 1 aromatic carbocycles. The molecule has 1 aliphatic carbocycles. The maximum absolute atomic E-state index is 11.6. The topological polar surface area (TPSA) is 83.8 Å². The molecule has 0 radical (unpaired) electrons. The number of carboxylic acids is 2. The van der Waals surface area contributed by atoms with Gasteiger partial charge in [-0.2, -0.15) is 0 Å². The van der Waals surface area contributed by atoms with Crippen LogP contribution >= 0.6 is 0 Å². The minimum Gasteiger partial charge on any atom is -0.481 e. The fraction of sp³-hybridized carbons (Fsp3) is 0.583. The molecule has 1 aliphatic rings. The Balaban J connectivity index is 0.000000291. The van der Waals surface area contributed by atoms with Gasteiger partial charge in [0.1, 0.15) is 5.75 Å². The minimum atomic E-state index is -0.923. The molecule has 0 spiro atoms. The Hall–Kier alpha value is -2.30. The Morgan fingerprint density at radius 3 is 2.00 bits per heavy atom. The number of allylic oxidation sites excluding steroid dienone is 1. The zero-order valence-electron chi connectivity index (χ0n) is 18.8. The van der Waals surface area contributed by atoms with Gasteiger partial charge in [0.2, 0.25) is 0 Å². The number of hydrogen-bond acceptors (Lipinski definition) is 3. The van der Waals surface area contributed by atoms with Crippen molar-refractivity contribution in [1.29, 1.82) is 0 Å². The van der Waals surface area contributed by atoms with E-state index in [0.29, 0.717) is 18.6 Å². The lowest BCUT2D eigenvalue weighted by Crippen LogP contribution is -2.47. The molecule has 0 saturated carbocycles. The first-order valence-corrected chi connectivity index (χ1v) is 10.3. The molecule has 2 atom stereocenters. The van der Waals surface area contributed by atoms with E-state index in [0.717, 1.165) is 24.0 Å². The number of aliphatic carboxylic acids is 2. The molecule has 5 nitrogen and oxygen atoms in total. The first-order chi connectivity index (χ1) is 13.4. The molecule has 1 aromatic rings. The third-order valence-corrected chi connectivity index (χ3v) is 6.40. The van der Waals surface area contributed by atoms with Crippen LogP contribution in [0.3, 0.4) is 0 Å². The van der Waals surface area contributed by atoms with Gasteiger partial charge in [-0.3, -0.25) is 4.79 Å². The van der Waals surface area contributed by atoms with Crippen LogP contribution in [-0.2, 0) is 9.59 Å². The zero-order chi connectivity index (χ0) is 22.4. The summed E-state index contributed by atoms with van der Waals surface area (Å²) in [6.45, 7) is 14.0. The molecule has 0 heterocycles. The maximum Gasteiger partial charge on any atom is 0.344 e. The van der Waals surface area contributed by atoms with Crippen LogP contribution < -0.4 is 4.74 Å². The van der Waals surface area contributed by atoms with E-state index in [9.17, 15) is 14.7 Å². The van der Waals surface area contributed by atoms with Crippen molar-refractivity contribution in [3.05, 3.63) is 41.0 Å². The van der Waals surface area contributed by atoms with Gasteiger partial charge in [-0.25, -0.2) is 4.79 Å². The average Bonchev–Trinajstić information content (AvgIpc) is 2.65. The first kappa shape index (κ1) is 24.7. The normalized spacial score (nSPS) is 21.6. The molecule has 5 heteroatoms. The van der Waals surface area contributed by atoms with Gasteiger partial charge in [0.15, 0.2) is 6.10 Å². The van der Waals surface area contributed by atoms with E-state index in [-0.39, 0.29) is 5.41 Å². The molecule has 29 heavy (non-hydrogen) atoms. The van der Waals surface area contributed by atoms with Gasteiger partial charge in [-0.15, -0.1) is 0 Å². The number of carbonyl (C=O) groups is 2. The lowest BCUT2D eigenvalue weighted by Gasteiger charge is -2.48. The third-order valence-electron chi connectivity index (χ3n) is 6.40. The van der Waals surface area contributed by atoms with Crippen LogP contribution in [0.25, 0.3) is 0 Å². The van der Waals surface area contributed by atoms with Crippen molar-refractivity contribution in [2.24, 2.45) is 10.8 Å². The molecule has 0 fully saturated rings. The quantitative estimate of drug-likeness (QED) is 0.580. The summed E-state index contributed by atoms with van der Waals surface area (Å²) in [6, 6.07) is 7.34. The van der Waals surface area contributed by atoms with Gasteiger partial charge in [0.25, 0.3) is 0 Å². The Morgan fingerprint density at radius 1 is 1.07 bits per heavy atom. The lowest BCUT2D eigenvalue weighted by atomic mass is 9.54. The van der Waals surface area contributed by atoms with Crippen LogP contribution in [0.5, 0.6) is 5.75 Å². The molecule has 0 bridgehead atoms. The molecule has 0 aliphatic heterocycles. The molecular weight excluding hydrogens is 368 g/mol. The summed E-state index contributed by atoms with van der Waals surface area (Å²) < 4.78 is 5.28. The summed E-state index contributed by atoms with van der Waals surface area (Å²) in [5.74, 6) is -0.982. The molecular formula is C24H36O5. The van der Waals surface area contributed by atoms with Crippen LogP contribution in [0.4, 0.5) is 0 Å². The van der Waals surface area contributed by atoms with Crippen molar-refractivity contribution < 1.29 is 24.5 Å². The van der Waals surface area contributed by atoms with Gasteiger partial charge in [-0.1, -0.05) is 56.5 Å². The van der Waals surface area contributed by atoms with Crippen LogP contribution in [-0.4, -0.2) is 28.3 Å². The predicted octanol–water partition coefficient (Wildman–Crippen LogP) is 5.86. The van der Waals surface area contributed by atoms with Crippen molar-refractivity contribution in [2.75, 3.05) is 0 Å². The number of ether oxygens (including phenoxy) is 1. The highest BCUT2D eigenvalue weighted by Crippen LogP contribution is 2.55. The number of rotatable bonds is 6. The predicted molar refractivity (Wildman–Crippen MR) is 115 cm³/mol. The number of hydrogen-bond donors (Lipinski definition) is 2. The van der Waals surface area contributed by atoms with E-state index in [1.807, 2.05) is 32.9 Å². The van der Waals surface area contributed by atoms with E-state index >= 15 is 0 Å². The Kier molecular flexibility index (Phi) is 8.49. The van der Waals surface area contributed by atoms with Gasteiger partial charge in [-0.05, 0) is 64.0 Å². The summed E-state index contributed by atoms with van der Waals surface area (Å²) >= 11 is 0. The average molecular weight is 405 g/mol. The van der Waals surface area contributed by atoms with Crippen molar-refractivity contribution in [3.63, 3.8) is 0 Å². The summed E-state index contributed by atoms with van der Waals surface area (Å²) in [5.41, 5.74) is 2.67. The molecule has 0 amide bonds. The monoisotopic (exact) mass is 404 g/mol. The zero-order valence-corrected chi connectivity index (χ0v) is 18.8. The second-order valence-electron chi connectivity index (χ2n) is 8.52. The molecule has 2 rings (SSSR count). The molecule has 0 saturated heterocycles. The second kappa shape index (κ2) is 9.95. The largest absolute Gasteiger partial charge is 0.481 e. The highest BCUT2D eigenvalue weighted by Gasteiger charge is 2.53. The number of benzene rings is 1. The van der Waals surface area contributed by atoms with Crippen molar-refractivity contribution in [3.8, 4) is 5.75 Å². The Labute approximate surface area is 174 Å². The van der Waals surface area contributed by atoms with Gasteiger partial charge >= 0.3 is 11.9 Å². The second-order valence-corrected chi connectivity index (χ2v) is 8.52. The van der Waals surface area contributed by atoms with E-state index in [2.05, 4.69) is 20.8 Å². The molecule has 2 N–H and O–H groups in total. The van der Waals surface area contributed by atoms with Gasteiger partial charge < -0.3 is 14.9 Å². The fourth-order valence-corrected chi connectivity index (χ4v) is 4.21. The SMILES string of the molecule is CCC(Oc1ccc(C)cc1)C(=O)O.CCC1(C(=O)O)C(C)=C(C)CCC1(C)C. The summed E-state index contributed by atoms with van der Waals surface area (Å²) in [5, 5.41) is 18.3. The minimum absolute atomic E-state index is 0.142. The maximum atomic E-state index is 11.6. The van der Waals surface area contributed by atoms with E-state index < -0.39 is 23.5 Å².